The van der Waals surface area contributed by atoms with Crippen LogP contribution in [0.15, 0.2) is 53.3 Å². The summed E-state index contributed by atoms with van der Waals surface area (Å²) in [7, 11) is 2.14. The van der Waals surface area contributed by atoms with E-state index in [4.69, 9.17) is 21.4 Å². The molecule has 0 atom stereocenters. The second-order valence-corrected chi connectivity index (χ2v) is 9.69. The van der Waals surface area contributed by atoms with Crippen molar-refractivity contribution in [3.05, 3.63) is 80.6 Å². The van der Waals surface area contributed by atoms with Gasteiger partial charge in [0.25, 0.3) is 5.56 Å². The van der Waals surface area contributed by atoms with Crippen LogP contribution in [0.3, 0.4) is 0 Å². The Morgan fingerprint density at radius 2 is 1.85 bits per heavy atom. The van der Waals surface area contributed by atoms with Crippen molar-refractivity contribution < 1.29 is 4.74 Å². The van der Waals surface area contributed by atoms with E-state index >= 15 is 0 Å². The molecule has 178 valence electrons. The van der Waals surface area contributed by atoms with Crippen LogP contribution < -0.4 is 10.3 Å². The maximum Gasteiger partial charge on any atom is 0.271 e. The third-order valence-electron chi connectivity index (χ3n) is 6.80. The SMILES string of the molecule is CN1CCN(Cc2cc(-c3ccc4c(c3)CCO4)nn(CCCc3ccccc3Cl)c2=O)CC1. The second kappa shape index (κ2) is 10.3. The molecule has 7 heteroatoms. The lowest BCUT2D eigenvalue weighted by Crippen LogP contribution is -2.45. The summed E-state index contributed by atoms with van der Waals surface area (Å²) < 4.78 is 7.33. The highest BCUT2D eigenvalue weighted by Gasteiger charge is 2.19. The zero-order valence-electron chi connectivity index (χ0n) is 19.7. The van der Waals surface area contributed by atoms with Gasteiger partial charge in [0.1, 0.15) is 5.75 Å². The van der Waals surface area contributed by atoms with E-state index in [1.54, 1.807) is 4.68 Å². The van der Waals surface area contributed by atoms with E-state index in [0.717, 1.165) is 85.2 Å². The van der Waals surface area contributed by atoms with Gasteiger partial charge in [-0.05, 0) is 61.3 Å². The summed E-state index contributed by atoms with van der Waals surface area (Å²) in [5, 5.41) is 5.56. The number of hydrogen-bond acceptors (Lipinski definition) is 5. The summed E-state index contributed by atoms with van der Waals surface area (Å²) in [6, 6.07) is 16.1. The number of fused-ring (bicyclic) bond motifs is 1. The Labute approximate surface area is 205 Å². The smallest absolute Gasteiger partial charge is 0.271 e. The van der Waals surface area contributed by atoms with Crippen LogP contribution in [0.25, 0.3) is 11.3 Å². The van der Waals surface area contributed by atoms with Crippen LogP contribution >= 0.6 is 11.6 Å². The highest BCUT2D eigenvalue weighted by atomic mass is 35.5. The fraction of sp³-hybridized carbons (Fsp3) is 0.407. The van der Waals surface area contributed by atoms with Crippen LogP contribution in [0, 0.1) is 0 Å². The third kappa shape index (κ3) is 5.19. The van der Waals surface area contributed by atoms with Crippen molar-refractivity contribution in [2.75, 3.05) is 39.8 Å². The number of ether oxygens (including phenoxy) is 1. The normalized spacial score (nSPS) is 16.4. The summed E-state index contributed by atoms with van der Waals surface area (Å²) >= 11 is 6.33. The summed E-state index contributed by atoms with van der Waals surface area (Å²) in [5.41, 5.74) is 5.00. The lowest BCUT2D eigenvalue weighted by atomic mass is 10.0. The van der Waals surface area contributed by atoms with Gasteiger partial charge in [0.15, 0.2) is 0 Å². The van der Waals surface area contributed by atoms with Crippen molar-refractivity contribution in [2.24, 2.45) is 0 Å². The highest BCUT2D eigenvalue weighted by molar-refractivity contribution is 6.31. The van der Waals surface area contributed by atoms with Gasteiger partial charge in [0, 0.05) is 61.8 Å². The van der Waals surface area contributed by atoms with E-state index in [-0.39, 0.29) is 5.56 Å². The maximum atomic E-state index is 13.4. The average molecular weight is 479 g/mol. The summed E-state index contributed by atoms with van der Waals surface area (Å²) in [6.07, 6.45) is 2.52. The van der Waals surface area contributed by atoms with Crippen molar-refractivity contribution in [1.82, 2.24) is 19.6 Å². The molecule has 2 aromatic carbocycles. The Morgan fingerprint density at radius 3 is 2.68 bits per heavy atom. The number of piperazine rings is 1. The molecule has 1 aromatic heterocycles. The van der Waals surface area contributed by atoms with E-state index in [0.29, 0.717) is 13.1 Å². The van der Waals surface area contributed by atoms with E-state index in [1.807, 2.05) is 42.5 Å². The number of halogens is 1. The third-order valence-corrected chi connectivity index (χ3v) is 7.17. The van der Waals surface area contributed by atoms with Gasteiger partial charge in [-0.2, -0.15) is 5.10 Å². The summed E-state index contributed by atoms with van der Waals surface area (Å²) in [5.74, 6) is 0.953. The van der Waals surface area contributed by atoms with Crippen LogP contribution in [0.1, 0.15) is 23.1 Å². The molecule has 0 N–H and O–H groups in total. The molecule has 34 heavy (non-hydrogen) atoms. The number of benzene rings is 2. The van der Waals surface area contributed by atoms with Crippen molar-refractivity contribution in [1.29, 1.82) is 0 Å². The van der Waals surface area contributed by atoms with Crippen molar-refractivity contribution in [3.63, 3.8) is 0 Å². The first kappa shape index (κ1) is 23.1. The van der Waals surface area contributed by atoms with E-state index in [1.165, 1.54) is 5.56 Å². The summed E-state index contributed by atoms with van der Waals surface area (Å²) in [4.78, 5) is 18.1. The number of likely N-dealkylation sites (N-methyl/N-ethyl adjacent to an activating group) is 1. The lowest BCUT2D eigenvalue weighted by molar-refractivity contribution is 0.147. The van der Waals surface area contributed by atoms with Crippen molar-refractivity contribution in [2.45, 2.75) is 32.4 Å². The average Bonchev–Trinajstić information content (AvgIpc) is 3.32. The molecule has 0 bridgehead atoms. The van der Waals surface area contributed by atoms with Crippen molar-refractivity contribution >= 4 is 11.6 Å². The molecule has 3 aromatic rings. The van der Waals surface area contributed by atoms with Gasteiger partial charge < -0.3 is 9.64 Å². The first-order valence-corrected chi connectivity index (χ1v) is 12.5. The van der Waals surface area contributed by atoms with Gasteiger partial charge in [-0.1, -0.05) is 29.8 Å². The Morgan fingerprint density at radius 1 is 1.03 bits per heavy atom. The molecule has 0 amide bonds. The number of aromatic nitrogens is 2. The molecule has 1 saturated heterocycles. The Balaban J connectivity index is 1.42. The first-order chi connectivity index (χ1) is 16.6. The standard InChI is InChI=1S/C27H31ClN4O2/c1-30-12-14-31(15-13-30)19-23-18-25(21-8-9-26-22(17-21)10-16-34-26)29-32(27(23)33)11-4-6-20-5-2-3-7-24(20)28/h2-3,5,7-9,17-18H,4,6,10-16,19H2,1H3. The first-order valence-electron chi connectivity index (χ1n) is 12.1. The number of nitrogens with zero attached hydrogens (tertiary/aromatic N) is 4. The molecule has 3 heterocycles. The van der Waals surface area contributed by atoms with Gasteiger partial charge in [-0.3, -0.25) is 9.69 Å². The van der Waals surface area contributed by atoms with Crippen molar-refractivity contribution in [3.8, 4) is 17.0 Å². The van der Waals surface area contributed by atoms with Crippen LogP contribution in [-0.2, 0) is 25.9 Å². The number of rotatable bonds is 7. The summed E-state index contributed by atoms with van der Waals surface area (Å²) in [6.45, 7) is 5.92. The van der Waals surface area contributed by atoms with E-state index < -0.39 is 0 Å². The Hall–Kier alpha value is -2.67. The Kier molecular flexibility index (Phi) is 6.99. The predicted molar refractivity (Wildman–Crippen MR) is 136 cm³/mol. The minimum absolute atomic E-state index is 0.00586. The molecule has 2 aliphatic rings. The van der Waals surface area contributed by atoms with E-state index in [9.17, 15) is 4.79 Å². The topological polar surface area (TPSA) is 50.6 Å². The minimum atomic E-state index is 0.00586. The highest BCUT2D eigenvalue weighted by Crippen LogP contribution is 2.30. The fourth-order valence-corrected chi connectivity index (χ4v) is 4.95. The molecule has 2 aliphatic heterocycles. The number of hydrogen-bond donors (Lipinski definition) is 0. The van der Waals surface area contributed by atoms with Crippen LogP contribution in [0.5, 0.6) is 5.75 Å². The zero-order valence-corrected chi connectivity index (χ0v) is 20.4. The molecule has 6 nitrogen and oxygen atoms in total. The van der Waals surface area contributed by atoms with Gasteiger partial charge in [-0.15, -0.1) is 0 Å². The van der Waals surface area contributed by atoms with Gasteiger partial charge in [0.2, 0.25) is 0 Å². The largest absolute Gasteiger partial charge is 0.493 e. The molecule has 0 radical (unpaired) electrons. The Bertz CT molecular complexity index is 1220. The molecule has 0 aliphatic carbocycles. The molecule has 1 fully saturated rings. The molecule has 0 unspecified atom stereocenters. The minimum Gasteiger partial charge on any atom is -0.493 e. The van der Waals surface area contributed by atoms with Crippen LogP contribution in [0.4, 0.5) is 0 Å². The zero-order chi connectivity index (χ0) is 23.5. The van der Waals surface area contributed by atoms with Crippen LogP contribution in [-0.4, -0.2) is 59.4 Å². The molecular formula is C27H31ClN4O2. The quantitative estimate of drug-likeness (QED) is 0.516. The lowest BCUT2D eigenvalue weighted by Gasteiger charge is -2.32. The van der Waals surface area contributed by atoms with Gasteiger partial charge in [-0.25, -0.2) is 4.68 Å². The molecule has 0 spiro atoms. The predicted octanol–water partition coefficient (Wildman–Crippen LogP) is 3.88. The maximum absolute atomic E-state index is 13.4. The monoisotopic (exact) mass is 478 g/mol. The van der Waals surface area contributed by atoms with Gasteiger partial charge >= 0.3 is 0 Å². The molecule has 0 saturated carbocycles. The second-order valence-electron chi connectivity index (χ2n) is 9.28. The number of aryl methyl sites for hydroxylation is 2. The van der Waals surface area contributed by atoms with Crippen LogP contribution in [0.2, 0.25) is 5.02 Å². The molecular weight excluding hydrogens is 448 g/mol. The fourth-order valence-electron chi connectivity index (χ4n) is 4.72. The van der Waals surface area contributed by atoms with Gasteiger partial charge in [0.05, 0.1) is 12.3 Å². The molecule has 5 rings (SSSR count). The van der Waals surface area contributed by atoms with E-state index in [2.05, 4.69) is 22.9 Å².